The lowest BCUT2D eigenvalue weighted by Gasteiger charge is -2.18. The first-order valence-corrected chi connectivity index (χ1v) is 16.6. The van der Waals surface area contributed by atoms with Crippen molar-refractivity contribution in [1.82, 2.24) is 5.32 Å². The van der Waals surface area contributed by atoms with Gasteiger partial charge in [-0.15, -0.1) is 0 Å². The second-order valence-electron chi connectivity index (χ2n) is 11.3. The molecule has 0 aliphatic carbocycles. The highest BCUT2D eigenvalue weighted by Crippen LogP contribution is 2.41. The van der Waals surface area contributed by atoms with Crippen LogP contribution in [-0.2, 0) is 23.9 Å². The zero-order chi connectivity index (χ0) is 34.5. The summed E-state index contributed by atoms with van der Waals surface area (Å²) in [6.45, 7) is 0.393. The predicted molar refractivity (Wildman–Crippen MR) is 183 cm³/mol. The lowest BCUT2D eigenvalue weighted by Crippen LogP contribution is -2.24. The number of hydrogen-bond donors (Lipinski definition) is 1. The second-order valence-corrected chi connectivity index (χ2v) is 12.2. The van der Waals surface area contributed by atoms with Gasteiger partial charge in [-0.25, -0.2) is 4.79 Å². The van der Waals surface area contributed by atoms with Crippen LogP contribution in [0.4, 0.5) is 13.2 Å². The molecule has 48 heavy (non-hydrogen) atoms. The molecular weight excluding hydrogens is 687 g/mol. The molecule has 1 amide bonds. The fraction of sp³-hybridized carbons (Fsp3) is 0.316. The summed E-state index contributed by atoms with van der Waals surface area (Å²) in [5, 5.41) is 2.94. The Morgan fingerprint density at radius 3 is 2.21 bits per heavy atom. The summed E-state index contributed by atoms with van der Waals surface area (Å²) >= 11 is 3.48. The van der Waals surface area contributed by atoms with E-state index < -0.39 is 17.7 Å². The van der Waals surface area contributed by atoms with Crippen LogP contribution in [0, 0.1) is 0 Å². The Hall–Kier alpha value is -4.31. The SMILES string of the molecule is COC(=O)c1cccc(COc2c(Br)cc(C(=O)NCCCCCCCCc3ccccc3)cc2-c2cccc(C(F)(F)F)c2)c1OC. The van der Waals surface area contributed by atoms with Gasteiger partial charge in [-0.1, -0.05) is 80.3 Å². The Labute approximate surface area is 287 Å². The number of carbonyl (C=O) groups excluding carboxylic acids is 2. The van der Waals surface area contributed by atoms with E-state index in [0.717, 1.165) is 57.1 Å². The van der Waals surface area contributed by atoms with Crippen molar-refractivity contribution in [3.05, 3.63) is 117 Å². The molecule has 0 atom stereocenters. The largest absolute Gasteiger partial charge is 0.495 e. The van der Waals surface area contributed by atoms with Crippen molar-refractivity contribution in [2.75, 3.05) is 20.8 Å². The van der Waals surface area contributed by atoms with Crippen LogP contribution >= 0.6 is 15.9 Å². The van der Waals surface area contributed by atoms with E-state index >= 15 is 0 Å². The Bertz CT molecular complexity index is 1680. The summed E-state index contributed by atoms with van der Waals surface area (Å²) in [6, 6.07) is 23.3. The maximum absolute atomic E-state index is 13.7. The molecule has 0 saturated carbocycles. The number of rotatable bonds is 16. The van der Waals surface area contributed by atoms with Crippen LogP contribution in [0.25, 0.3) is 11.1 Å². The van der Waals surface area contributed by atoms with Gasteiger partial charge in [-0.3, -0.25) is 4.79 Å². The highest BCUT2D eigenvalue weighted by atomic mass is 79.9. The fourth-order valence-corrected chi connectivity index (χ4v) is 5.99. The molecule has 254 valence electrons. The van der Waals surface area contributed by atoms with Gasteiger partial charge >= 0.3 is 12.1 Å². The molecule has 6 nitrogen and oxygen atoms in total. The van der Waals surface area contributed by atoms with E-state index in [9.17, 15) is 22.8 Å². The van der Waals surface area contributed by atoms with Crippen LogP contribution in [-0.4, -0.2) is 32.6 Å². The summed E-state index contributed by atoms with van der Waals surface area (Å²) in [4.78, 5) is 25.5. The summed E-state index contributed by atoms with van der Waals surface area (Å²) < 4.78 is 57.8. The summed E-state index contributed by atoms with van der Waals surface area (Å²) in [5.41, 5.74) is 2.02. The lowest BCUT2D eigenvalue weighted by atomic mass is 9.99. The summed E-state index contributed by atoms with van der Waals surface area (Å²) in [5.74, 6) is -0.451. The number of nitrogens with one attached hydrogen (secondary N) is 1. The molecule has 10 heteroatoms. The first kappa shape index (κ1) is 36.5. The highest BCUT2D eigenvalue weighted by Gasteiger charge is 2.31. The van der Waals surface area contributed by atoms with E-state index in [0.29, 0.717) is 22.1 Å². The molecule has 0 aliphatic rings. The normalized spacial score (nSPS) is 11.2. The molecule has 0 fully saturated rings. The molecular formula is C38H39BrF3NO5. The minimum Gasteiger partial charge on any atom is -0.495 e. The number of amides is 1. The quantitative estimate of drug-likeness (QED) is 0.0920. The lowest BCUT2D eigenvalue weighted by molar-refractivity contribution is -0.137. The third-order valence-electron chi connectivity index (χ3n) is 7.91. The van der Waals surface area contributed by atoms with E-state index in [-0.39, 0.29) is 40.7 Å². The number of benzene rings is 4. The topological polar surface area (TPSA) is 73.9 Å². The number of halogens is 4. The number of ether oxygens (including phenoxy) is 3. The molecule has 0 radical (unpaired) electrons. The Morgan fingerprint density at radius 1 is 0.792 bits per heavy atom. The first-order valence-electron chi connectivity index (χ1n) is 15.8. The summed E-state index contributed by atoms with van der Waals surface area (Å²) in [7, 11) is 2.67. The van der Waals surface area contributed by atoms with Crippen molar-refractivity contribution in [2.24, 2.45) is 0 Å². The van der Waals surface area contributed by atoms with E-state index in [2.05, 4.69) is 45.5 Å². The number of alkyl halides is 3. The number of para-hydroxylation sites is 1. The van der Waals surface area contributed by atoms with Crippen molar-refractivity contribution in [3.8, 4) is 22.6 Å². The van der Waals surface area contributed by atoms with Crippen LogP contribution < -0.4 is 14.8 Å². The molecule has 0 unspecified atom stereocenters. The standard InChI is InChI=1S/C38H39BrF3NO5/c1-46-34-28(18-13-20-31(34)37(45)47-2)25-48-35-32(27-17-12-19-30(22-27)38(40,41)42)23-29(24-33(35)39)36(44)43-21-11-6-4-3-5-8-14-26-15-9-7-10-16-26/h7,9-10,12-13,15-20,22-24H,3-6,8,11,14,21,25H2,1-2H3,(H,43,44). The van der Waals surface area contributed by atoms with Gasteiger partial charge in [0.25, 0.3) is 5.91 Å². The highest BCUT2D eigenvalue weighted by molar-refractivity contribution is 9.10. The van der Waals surface area contributed by atoms with Crippen molar-refractivity contribution < 1.29 is 37.0 Å². The molecule has 4 aromatic rings. The van der Waals surface area contributed by atoms with Gasteiger partial charge in [0, 0.05) is 23.2 Å². The van der Waals surface area contributed by atoms with Gasteiger partial charge in [0.15, 0.2) is 0 Å². The van der Waals surface area contributed by atoms with E-state index in [1.807, 2.05) is 6.07 Å². The zero-order valence-electron chi connectivity index (χ0n) is 27.0. The van der Waals surface area contributed by atoms with Crippen molar-refractivity contribution >= 4 is 27.8 Å². The minimum atomic E-state index is -4.56. The van der Waals surface area contributed by atoms with Crippen LogP contribution in [0.1, 0.15) is 75.9 Å². The first-order chi connectivity index (χ1) is 23.1. The van der Waals surface area contributed by atoms with Gasteiger partial charge in [-0.2, -0.15) is 13.2 Å². The van der Waals surface area contributed by atoms with Gasteiger partial charge in [-0.05, 0) is 76.7 Å². The smallest absolute Gasteiger partial charge is 0.416 e. The predicted octanol–water partition coefficient (Wildman–Crippen LogP) is 9.82. The fourth-order valence-electron chi connectivity index (χ4n) is 5.42. The molecule has 0 bridgehead atoms. The molecule has 4 aromatic carbocycles. The number of aryl methyl sites for hydroxylation is 1. The monoisotopic (exact) mass is 725 g/mol. The summed E-state index contributed by atoms with van der Waals surface area (Å²) in [6.07, 6.45) is 2.84. The molecule has 0 spiro atoms. The number of unbranched alkanes of at least 4 members (excludes halogenated alkanes) is 5. The van der Waals surface area contributed by atoms with Gasteiger partial charge in [0.2, 0.25) is 0 Å². The molecule has 0 heterocycles. The number of carbonyl (C=O) groups is 2. The van der Waals surface area contributed by atoms with Crippen LogP contribution in [0.2, 0.25) is 0 Å². The maximum atomic E-state index is 13.7. The van der Waals surface area contributed by atoms with Crippen molar-refractivity contribution in [3.63, 3.8) is 0 Å². The molecule has 4 rings (SSSR count). The van der Waals surface area contributed by atoms with Gasteiger partial charge in [0.05, 0.1) is 24.3 Å². The Morgan fingerprint density at radius 2 is 1.50 bits per heavy atom. The van der Waals surface area contributed by atoms with Crippen LogP contribution in [0.5, 0.6) is 11.5 Å². The third-order valence-corrected chi connectivity index (χ3v) is 8.49. The van der Waals surface area contributed by atoms with Crippen molar-refractivity contribution in [2.45, 2.75) is 57.7 Å². The average molecular weight is 727 g/mol. The number of methoxy groups -OCH3 is 2. The maximum Gasteiger partial charge on any atom is 0.416 e. The molecule has 0 aliphatic heterocycles. The minimum absolute atomic E-state index is 0.0869. The second kappa shape index (κ2) is 17.7. The van der Waals surface area contributed by atoms with E-state index in [4.69, 9.17) is 14.2 Å². The van der Waals surface area contributed by atoms with Crippen molar-refractivity contribution in [1.29, 1.82) is 0 Å². The Kier molecular flexibility index (Phi) is 13.5. The molecule has 1 N–H and O–H groups in total. The Balaban J connectivity index is 1.45. The number of hydrogen-bond acceptors (Lipinski definition) is 5. The molecule has 0 saturated heterocycles. The van der Waals surface area contributed by atoms with E-state index in [1.54, 1.807) is 24.3 Å². The molecule has 0 aromatic heterocycles. The van der Waals surface area contributed by atoms with Gasteiger partial charge < -0.3 is 19.5 Å². The average Bonchev–Trinajstić information content (AvgIpc) is 3.09. The zero-order valence-corrected chi connectivity index (χ0v) is 28.6. The third kappa shape index (κ3) is 10.1. The van der Waals surface area contributed by atoms with Crippen LogP contribution in [0.15, 0.2) is 89.4 Å². The van der Waals surface area contributed by atoms with Gasteiger partial charge in [0.1, 0.15) is 23.7 Å². The number of esters is 1. The van der Waals surface area contributed by atoms with Crippen LogP contribution in [0.3, 0.4) is 0 Å². The van der Waals surface area contributed by atoms with E-state index in [1.165, 1.54) is 38.0 Å².